The lowest BCUT2D eigenvalue weighted by molar-refractivity contribution is -0.132. The van der Waals surface area contributed by atoms with Crippen LogP contribution >= 0.6 is 0 Å². The lowest BCUT2D eigenvalue weighted by atomic mass is 10.0. The van der Waals surface area contributed by atoms with Gasteiger partial charge in [0.1, 0.15) is 11.4 Å². The fraction of sp³-hybridized carbons (Fsp3) is 0.462. The minimum absolute atomic E-state index is 0.180. The van der Waals surface area contributed by atoms with Crippen molar-refractivity contribution >= 4 is 11.6 Å². The summed E-state index contributed by atoms with van der Waals surface area (Å²) in [6, 6.07) is 12.8. The van der Waals surface area contributed by atoms with Gasteiger partial charge in [-0.15, -0.1) is 0 Å². The summed E-state index contributed by atoms with van der Waals surface area (Å²) in [7, 11) is 1.61. The van der Waals surface area contributed by atoms with E-state index >= 15 is 0 Å². The van der Waals surface area contributed by atoms with E-state index in [1.54, 1.807) is 7.11 Å². The predicted octanol–water partition coefficient (Wildman–Crippen LogP) is 4.17. The first-order valence-corrected chi connectivity index (χ1v) is 11.4. The molecule has 178 valence electrons. The van der Waals surface area contributed by atoms with Crippen LogP contribution in [0.3, 0.4) is 0 Å². The van der Waals surface area contributed by atoms with Crippen molar-refractivity contribution in [1.82, 2.24) is 5.01 Å². The van der Waals surface area contributed by atoms with Crippen LogP contribution < -0.4 is 19.9 Å². The van der Waals surface area contributed by atoms with E-state index in [-0.39, 0.29) is 11.5 Å². The highest BCUT2D eigenvalue weighted by Crippen LogP contribution is 2.29. The molecule has 3 rings (SSSR count). The largest absolute Gasteiger partial charge is 0.493 e. The topological polar surface area (TPSA) is 86.4 Å². The highest BCUT2D eigenvalue weighted by molar-refractivity contribution is 6.02. The summed E-state index contributed by atoms with van der Waals surface area (Å²) in [6.07, 6.45) is 2.05. The minimum atomic E-state index is -0.669. The van der Waals surface area contributed by atoms with Crippen LogP contribution in [-0.2, 0) is 11.2 Å². The normalized spacial score (nSPS) is 15.0. The Labute approximate surface area is 196 Å². The standard InChI is InChI=1S/C26H35N3O4/c1-6-32-24-17-19(11-14-23(24)31-5)22-8-7-15-29(28-22)25(30)21(27)16-18-9-12-20(13-10-18)33-26(2,3)4/h9-14,17,21H,6-8,15-16,27H2,1-5H3/t21-/m0/s1. The third kappa shape index (κ3) is 6.71. The highest BCUT2D eigenvalue weighted by atomic mass is 16.5. The molecule has 1 atom stereocenters. The average molecular weight is 454 g/mol. The Hall–Kier alpha value is -3.06. The summed E-state index contributed by atoms with van der Waals surface area (Å²) in [4.78, 5) is 13.0. The molecule has 7 nitrogen and oxygen atoms in total. The van der Waals surface area contributed by atoms with Gasteiger partial charge in [-0.05, 0) is 82.9 Å². The molecule has 7 heteroatoms. The summed E-state index contributed by atoms with van der Waals surface area (Å²) >= 11 is 0. The fourth-order valence-corrected chi connectivity index (χ4v) is 3.71. The molecule has 1 heterocycles. The van der Waals surface area contributed by atoms with Crippen molar-refractivity contribution in [3.05, 3.63) is 53.6 Å². The number of nitrogens with zero attached hydrogens (tertiary/aromatic N) is 2. The SMILES string of the molecule is CCOc1cc(C2=NN(C(=O)[C@@H](N)Cc3ccc(OC(C)(C)C)cc3)CCC2)ccc1OC. The molecule has 0 spiro atoms. The molecule has 2 aromatic carbocycles. The van der Waals surface area contributed by atoms with Gasteiger partial charge in [-0.25, -0.2) is 5.01 Å². The Kier molecular flexibility index (Phi) is 7.97. The Morgan fingerprint density at radius 1 is 1.15 bits per heavy atom. The van der Waals surface area contributed by atoms with Gasteiger partial charge in [-0.2, -0.15) is 5.10 Å². The number of carbonyl (C=O) groups excluding carboxylic acids is 1. The van der Waals surface area contributed by atoms with Gasteiger partial charge in [0, 0.05) is 12.1 Å². The summed E-state index contributed by atoms with van der Waals surface area (Å²) in [6.45, 7) is 9.04. The maximum absolute atomic E-state index is 13.0. The fourth-order valence-electron chi connectivity index (χ4n) is 3.71. The van der Waals surface area contributed by atoms with Crippen molar-refractivity contribution in [2.75, 3.05) is 20.3 Å². The van der Waals surface area contributed by atoms with Crippen molar-refractivity contribution in [3.63, 3.8) is 0 Å². The van der Waals surface area contributed by atoms with Gasteiger partial charge in [0.25, 0.3) is 5.91 Å². The molecule has 0 aromatic heterocycles. The third-order valence-electron chi connectivity index (χ3n) is 5.20. The quantitative estimate of drug-likeness (QED) is 0.648. The van der Waals surface area contributed by atoms with Gasteiger partial charge in [-0.1, -0.05) is 12.1 Å². The molecule has 0 fully saturated rings. The molecule has 1 amide bonds. The van der Waals surface area contributed by atoms with Crippen LogP contribution in [0.2, 0.25) is 0 Å². The van der Waals surface area contributed by atoms with Crippen LogP contribution in [0.1, 0.15) is 51.7 Å². The van der Waals surface area contributed by atoms with Crippen molar-refractivity contribution in [2.45, 2.75) is 58.6 Å². The number of hydrazone groups is 1. The molecule has 1 aliphatic rings. The van der Waals surface area contributed by atoms with Gasteiger partial charge in [0.2, 0.25) is 0 Å². The van der Waals surface area contributed by atoms with Gasteiger partial charge < -0.3 is 19.9 Å². The van der Waals surface area contributed by atoms with Crippen molar-refractivity contribution < 1.29 is 19.0 Å². The number of methoxy groups -OCH3 is 1. The first-order chi connectivity index (χ1) is 15.7. The van der Waals surface area contributed by atoms with Gasteiger partial charge in [-0.3, -0.25) is 4.79 Å². The summed E-state index contributed by atoms with van der Waals surface area (Å²) in [5.41, 5.74) is 8.76. The number of hydrogen-bond acceptors (Lipinski definition) is 6. The zero-order valence-corrected chi connectivity index (χ0v) is 20.3. The van der Waals surface area contributed by atoms with Crippen LogP contribution in [0.15, 0.2) is 47.6 Å². The Morgan fingerprint density at radius 2 is 1.88 bits per heavy atom. The number of benzene rings is 2. The van der Waals surface area contributed by atoms with Crippen LogP contribution in [0, 0.1) is 0 Å². The van der Waals surface area contributed by atoms with Gasteiger partial charge >= 0.3 is 0 Å². The number of hydrogen-bond donors (Lipinski definition) is 1. The van der Waals surface area contributed by atoms with Crippen LogP contribution in [0.4, 0.5) is 0 Å². The van der Waals surface area contributed by atoms with E-state index in [2.05, 4.69) is 5.10 Å². The molecule has 2 N–H and O–H groups in total. The van der Waals surface area contributed by atoms with E-state index in [0.717, 1.165) is 35.4 Å². The monoisotopic (exact) mass is 453 g/mol. The number of ether oxygens (including phenoxy) is 3. The second-order valence-electron chi connectivity index (χ2n) is 9.08. The molecular weight excluding hydrogens is 418 g/mol. The molecular formula is C26H35N3O4. The molecule has 0 saturated carbocycles. The zero-order valence-electron chi connectivity index (χ0n) is 20.3. The molecule has 2 aromatic rings. The van der Waals surface area contributed by atoms with E-state index in [1.807, 2.05) is 70.2 Å². The second-order valence-corrected chi connectivity index (χ2v) is 9.08. The van der Waals surface area contributed by atoms with Crippen molar-refractivity contribution in [2.24, 2.45) is 10.8 Å². The second kappa shape index (κ2) is 10.7. The van der Waals surface area contributed by atoms with Crippen LogP contribution in [-0.4, -0.2) is 48.5 Å². The highest BCUT2D eigenvalue weighted by Gasteiger charge is 2.25. The molecule has 0 saturated heterocycles. The lowest BCUT2D eigenvalue weighted by Crippen LogP contribution is -2.44. The summed E-state index contributed by atoms with van der Waals surface area (Å²) < 4.78 is 16.9. The van der Waals surface area contributed by atoms with E-state index in [0.29, 0.717) is 31.1 Å². The maximum atomic E-state index is 13.0. The van der Waals surface area contributed by atoms with Gasteiger partial charge in [0.15, 0.2) is 11.5 Å². The predicted molar refractivity (Wildman–Crippen MR) is 130 cm³/mol. The molecule has 0 radical (unpaired) electrons. The molecule has 0 bridgehead atoms. The average Bonchev–Trinajstić information content (AvgIpc) is 2.79. The Balaban J connectivity index is 1.69. The van der Waals surface area contributed by atoms with Gasteiger partial charge in [0.05, 0.1) is 25.5 Å². The van der Waals surface area contributed by atoms with Crippen LogP contribution in [0.25, 0.3) is 0 Å². The van der Waals surface area contributed by atoms with E-state index < -0.39 is 6.04 Å². The summed E-state index contributed by atoms with van der Waals surface area (Å²) in [5, 5.41) is 6.14. The first kappa shape index (κ1) is 24.6. The molecule has 0 unspecified atom stereocenters. The number of carbonyl (C=O) groups is 1. The molecule has 33 heavy (non-hydrogen) atoms. The van der Waals surface area contributed by atoms with Crippen molar-refractivity contribution in [1.29, 1.82) is 0 Å². The lowest BCUT2D eigenvalue weighted by Gasteiger charge is -2.26. The van der Waals surface area contributed by atoms with Crippen molar-refractivity contribution in [3.8, 4) is 17.2 Å². The smallest absolute Gasteiger partial charge is 0.259 e. The maximum Gasteiger partial charge on any atom is 0.259 e. The molecule has 1 aliphatic heterocycles. The first-order valence-electron chi connectivity index (χ1n) is 11.4. The minimum Gasteiger partial charge on any atom is -0.493 e. The van der Waals surface area contributed by atoms with E-state index in [4.69, 9.17) is 19.9 Å². The van der Waals surface area contributed by atoms with Crippen LogP contribution in [0.5, 0.6) is 17.2 Å². The van der Waals surface area contributed by atoms with E-state index in [9.17, 15) is 4.79 Å². The zero-order chi connectivity index (χ0) is 24.0. The summed E-state index contributed by atoms with van der Waals surface area (Å²) in [5.74, 6) is 1.95. The number of rotatable bonds is 8. The Morgan fingerprint density at radius 3 is 2.52 bits per heavy atom. The number of nitrogens with two attached hydrogens (primary N) is 1. The third-order valence-corrected chi connectivity index (χ3v) is 5.20. The number of amides is 1. The Bertz CT molecular complexity index is 980. The van der Waals surface area contributed by atoms with E-state index in [1.165, 1.54) is 5.01 Å². The molecule has 0 aliphatic carbocycles.